The molecular formula is C11H20N4O. The van der Waals surface area contributed by atoms with E-state index in [1.54, 1.807) is 6.20 Å². The number of hydrogen-bond acceptors (Lipinski definition) is 3. The molecule has 0 bridgehead atoms. The fraction of sp³-hybridized carbons (Fsp3) is 0.636. The molecule has 0 saturated heterocycles. The van der Waals surface area contributed by atoms with Gasteiger partial charge in [0.15, 0.2) is 0 Å². The Bertz CT molecular complexity index is 308. The van der Waals surface area contributed by atoms with E-state index in [0.717, 1.165) is 12.8 Å². The van der Waals surface area contributed by atoms with E-state index in [9.17, 15) is 4.79 Å². The zero-order chi connectivity index (χ0) is 12.0. The van der Waals surface area contributed by atoms with Gasteiger partial charge in [-0.3, -0.25) is 9.89 Å². The fourth-order valence-electron chi connectivity index (χ4n) is 1.61. The van der Waals surface area contributed by atoms with Gasteiger partial charge >= 0.3 is 0 Å². The van der Waals surface area contributed by atoms with Crippen LogP contribution < -0.4 is 11.1 Å². The summed E-state index contributed by atoms with van der Waals surface area (Å²) in [5.74, 6) is -0.103. The van der Waals surface area contributed by atoms with Gasteiger partial charge in [-0.2, -0.15) is 5.10 Å². The first kappa shape index (κ1) is 12.7. The molecule has 1 rings (SSSR count). The predicted molar refractivity (Wildman–Crippen MR) is 63.0 cm³/mol. The van der Waals surface area contributed by atoms with Crippen LogP contribution in [0.4, 0.5) is 0 Å². The van der Waals surface area contributed by atoms with Crippen LogP contribution in [0.25, 0.3) is 0 Å². The van der Waals surface area contributed by atoms with Gasteiger partial charge in [-0.15, -0.1) is 0 Å². The number of H-pyrrole nitrogens is 1. The second-order valence-corrected chi connectivity index (χ2v) is 4.08. The minimum absolute atomic E-state index is 0.0133. The molecule has 0 saturated carbocycles. The molecule has 0 aliphatic rings. The lowest BCUT2D eigenvalue weighted by molar-refractivity contribution is 0.0928. The van der Waals surface area contributed by atoms with Gasteiger partial charge in [-0.1, -0.05) is 13.8 Å². The van der Waals surface area contributed by atoms with Gasteiger partial charge in [-0.05, 0) is 24.8 Å². The summed E-state index contributed by atoms with van der Waals surface area (Å²) in [5, 5.41) is 9.25. The minimum Gasteiger partial charge on any atom is -0.351 e. The van der Waals surface area contributed by atoms with Gasteiger partial charge in [0.05, 0.1) is 11.8 Å². The maximum Gasteiger partial charge on any atom is 0.254 e. The minimum atomic E-state index is -0.103. The highest BCUT2D eigenvalue weighted by Crippen LogP contribution is 2.23. The molecule has 5 nitrogen and oxygen atoms in total. The van der Waals surface area contributed by atoms with E-state index in [1.165, 1.54) is 6.20 Å². The molecule has 90 valence electrons. The third kappa shape index (κ3) is 2.82. The Hall–Kier alpha value is -1.36. The van der Waals surface area contributed by atoms with Crippen molar-refractivity contribution in [3.8, 4) is 0 Å². The van der Waals surface area contributed by atoms with Crippen LogP contribution in [-0.2, 0) is 0 Å². The lowest BCUT2D eigenvalue weighted by atomic mass is 9.82. The number of aromatic nitrogens is 2. The van der Waals surface area contributed by atoms with E-state index in [4.69, 9.17) is 5.73 Å². The van der Waals surface area contributed by atoms with E-state index >= 15 is 0 Å². The smallest absolute Gasteiger partial charge is 0.254 e. The average Bonchev–Trinajstić information content (AvgIpc) is 2.85. The molecule has 1 heterocycles. The van der Waals surface area contributed by atoms with Crippen LogP contribution in [0.1, 0.15) is 37.0 Å². The summed E-state index contributed by atoms with van der Waals surface area (Å²) in [7, 11) is 0. The lowest BCUT2D eigenvalue weighted by Gasteiger charge is -2.30. The number of carbonyl (C=O) groups excluding carboxylic acids is 1. The van der Waals surface area contributed by atoms with Gasteiger partial charge in [0, 0.05) is 12.7 Å². The molecule has 0 atom stereocenters. The molecule has 0 radical (unpaired) electrons. The third-order valence-corrected chi connectivity index (χ3v) is 3.32. The molecule has 0 aromatic carbocycles. The van der Waals surface area contributed by atoms with Crippen molar-refractivity contribution in [2.75, 3.05) is 13.1 Å². The van der Waals surface area contributed by atoms with E-state index in [1.807, 2.05) is 0 Å². The van der Waals surface area contributed by atoms with Gasteiger partial charge < -0.3 is 11.1 Å². The van der Waals surface area contributed by atoms with Crippen LogP contribution in [0.15, 0.2) is 12.4 Å². The Kier molecular flexibility index (Phi) is 4.49. The maximum atomic E-state index is 11.7. The summed E-state index contributed by atoms with van der Waals surface area (Å²) in [6.07, 6.45) is 5.02. The number of aromatic amines is 1. The number of hydrogen-bond donors (Lipinski definition) is 3. The molecule has 16 heavy (non-hydrogen) atoms. The Balaban J connectivity index is 2.53. The van der Waals surface area contributed by atoms with Crippen LogP contribution in [0.3, 0.4) is 0 Å². The Morgan fingerprint density at radius 2 is 2.25 bits per heavy atom. The molecule has 1 aromatic heterocycles. The van der Waals surface area contributed by atoms with E-state index < -0.39 is 0 Å². The molecule has 4 N–H and O–H groups in total. The molecule has 0 spiro atoms. The highest BCUT2D eigenvalue weighted by atomic mass is 16.1. The highest BCUT2D eigenvalue weighted by Gasteiger charge is 2.25. The number of amides is 1. The summed E-state index contributed by atoms with van der Waals surface area (Å²) in [6, 6.07) is 0. The normalized spacial score (nSPS) is 11.4. The van der Waals surface area contributed by atoms with Crippen molar-refractivity contribution in [1.82, 2.24) is 15.5 Å². The van der Waals surface area contributed by atoms with Gasteiger partial charge in [0.25, 0.3) is 5.91 Å². The van der Waals surface area contributed by atoms with Gasteiger partial charge in [0.1, 0.15) is 0 Å². The van der Waals surface area contributed by atoms with Crippen molar-refractivity contribution < 1.29 is 4.79 Å². The number of rotatable bonds is 6. The summed E-state index contributed by atoms with van der Waals surface area (Å²) < 4.78 is 0. The van der Waals surface area contributed by atoms with Crippen molar-refractivity contribution in [3.05, 3.63) is 18.0 Å². The average molecular weight is 224 g/mol. The van der Waals surface area contributed by atoms with Crippen LogP contribution >= 0.6 is 0 Å². The standard InChI is InChI=1S/C11H20N4O/c1-3-11(4-2,7-12)8-13-10(16)9-5-14-15-6-9/h5-6H,3-4,7-8,12H2,1-2H3,(H,13,16)(H,14,15). The van der Waals surface area contributed by atoms with Crippen LogP contribution in [0, 0.1) is 5.41 Å². The number of nitrogens with one attached hydrogen (secondary N) is 2. The van der Waals surface area contributed by atoms with Crippen molar-refractivity contribution in [3.63, 3.8) is 0 Å². The molecule has 5 heteroatoms. The molecular weight excluding hydrogens is 204 g/mol. The molecule has 1 amide bonds. The Morgan fingerprint density at radius 1 is 1.56 bits per heavy atom. The summed E-state index contributed by atoms with van der Waals surface area (Å²) in [4.78, 5) is 11.7. The first-order valence-corrected chi connectivity index (χ1v) is 5.64. The monoisotopic (exact) mass is 224 g/mol. The summed E-state index contributed by atoms with van der Waals surface area (Å²) in [5.41, 5.74) is 6.33. The first-order chi connectivity index (χ1) is 7.67. The van der Waals surface area contributed by atoms with E-state index in [0.29, 0.717) is 18.7 Å². The SMILES string of the molecule is CCC(CC)(CN)CNC(=O)c1cn[nH]c1. The molecule has 0 aliphatic carbocycles. The molecule has 1 aromatic rings. The number of nitrogens with two attached hydrogens (primary N) is 1. The predicted octanol–water partition coefficient (Wildman–Crippen LogP) is 0.905. The van der Waals surface area contributed by atoms with Gasteiger partial charge in [0.2, 0.25) is 0 Å². The Morgan fingerprint density at radius 3 is 2.69 bits per heavy atom. The number of carbonyl (C=O) groups is 1. The third-order valence-electron chi connectivity index (χ3n) is 3.32. The van der Waals surface area contributed by atoms with Crippen LogP contribution in [0.5, 0.6) is 0 Å². The largest absolute Gasteiger partial charge is 0.351 e. The van der Waals surface area contributed by atoms with E-state index in [-0.39, 0.29) is 11.3 Å². The summed E-state index contributed by atoms with van der Waals surface area (Å²) >= 11 is 0. The number of nitrogens with zero attached hydrogens (tertiary/aromatic N) is 1. The van der Waals surface area contributed by atoms with Crippen LogP contribution in [-0.4, -0.2) is 29.2 Å². The van der Waals surface area contributed by atoms with Crippen molar-refractivity contribution in [1.29, 1.82) is 0 Å². The van der Waals surface area contributed by atoms with Crippen molar-refractivity contribution in [2.24, 2.45) is 11.1 Å². The second kappa shape index (κ2) is 5.65. The van der Waals surface area contributed by atoms with Crippen LogP contribution in [0.2, 0.25) is 0 Å². The first-order valence-electron chi connectivity index (χ1n) is 5.64. The van der Waals surface area contributed by atoms with Gasteiger partial charge in [-0.25, -0.2) is 0 Å². The van der Waals surface area contributed by atoms with Crippen molar-refractivity contribution >= 4 is 5.91 Å². The zero-order valence-corrected chi connectivity index (χ0v) is 9.92. The molecule has 0 fully saturated rings. The maximum absolute atomic E-state index is 11.7. The fourth-order valence-corrected chi connectivity index (χ4v) is 1.61. The topological polar surface area (TPSA) is 83.8 Å². The highest BCUT2D eigenvalue weighted by molar-refractivity contribution is 5.93. The van der Waals surface area contributed by atoms with E-state index in [2.05, 4.69) is 29.4 Å². The summed E-state index contributed by atoms with van der Waals surface area (Å²) in [6.45, 7) is 5.40. The quantitative estimate of drug-likeness (QED) is 0.671. The zero-order valence-electron chi connectivity index (χ0n) is 9.92. The van der Waals surface area contributed by atoms with Crippen molar-refractivity contribution in [2.45, 2.75) is 26.7 Å². The molecule has 0 aliphatic heterocycles. The lowest BCUT2D eigenvalue weighted by Crippen LogP contribution is -2.41. The molecule has 0 unspecified atom stereocenters. The second-order valence-electron chi connectivity index (χ2n) is 4.08. The Labute approximate surface area is 95.8 Å².